The maximum atomic E-state index is 10.7. The van der Waals surface area contributed by atoms with Crippen molar-refractivity contribution >= 4 is 5.91 Å². The van der Waals surface area contributed by atoms with Gasteiger partial charge in [-0.1, -0.05) is 41.0 Å². The quantitative estimate of drug-likeness (QED) is 0.652. The Hall–Kier alpha value is -0.530. The number of rotatable bonds is 2. The van der Waals surface area contributed by atoms with E-state index in [9.17, 15) is 4.79 Å². The molecule has 0 aromatic carbocycles. The molecule has 0 spiro atoms. The van der Waals surface area contributed by atoms with E-state index in [0.29, 0.717) is 6.42 Å². The Kier molecular flexibility index (Phi) is 24.7. The average Bonchev–Trinajstić information content (AvgIpc) is 2.19. The molecule has 0 rings (SSSR count). The van der Waals surface area contributed by atoms with Gasteiger partial charge in [-0.2, -0.15) is 0 Å². The van der Waals surface area contributed by atoms with Crippen molar-refractivity contribution in [2.75, 3.05) is 13.6 Å². The van der Waals surface area contributed by atoms with Crippen molar-refractivity contribution in [2.45, 2.75) is 54.4 Å². The highest BCUT2D eigenvalue weighted by Crippen LogP contribution is 1.86. The van der Waals surface area contributed by atoms with E-state index >= 15 is 0 Å². The summed E-state index contributed by atoms with van der Waals surface area (Å²) in [6.45, 7) is 12.9. The largest absolute Gasteiger partial charge is 0.346 e. The molecule has 2 heteroatoms. The molecule has 0 aromatic heterocycles. The van der Waals surface area contributed by atoms with Crippen LogP contribution in [0.2, 0.25) is 0 Å². The van der Waals surface area contributed by atoms with Crippen molar-refractivity contribution in [3.8, 4) is 0 Å². The van der Waals surface area contributed by atoms with Crippen molar-refractivity contribution in [1.82, 2.24) is 4.90 Å². The van der Waals surface area contributed by atoms with E-state index in [4.69, 9.17) is 0 Å². The van der Waals surface area contributed by atoms with Gasteiger partial charge in [0, 0.05) is 20.0 Å². The summed E-state index contributed by atoms with van der Waals surface area (Å²) in [6.07, 6.45) is 1.87. The van der Waals surface area contributed by atoms with Gasteiger partial charge < -0.3 is 4.90 Å². The van der Waals surface area contributed by atoms with Crippen LogP contribution in [0.4, 0.5) is 0 Å². The predicted molar refractivity (Wildman–Crippen MR) is 60.9 cm³/mol. The molecule has 0 saturated heterocycles. The monoisotopic (exact) mass is 189 g/mol. The minimum atomic E-state index is 0.215. The molecule has 13 heavy (non-hydrogen) atoms. The highest BCUT2D eigenvalue weighted by atomic mass is 16.2. The molecule has 0 bridgehead atoms. The number of hydrogen-bond acceptors (Lipinski definition) is 1. The lowest BCUT2D eigenvalue weighted by Gasteiger charge is -2.11. The second-order valence-corrected chi connectivity index (χ2v) is 2.47. The first-order chi connectivity index (χ1) is 6.13. The highest BCUT2D eigenvalue weighted by Gasteiger charge is 1.99. The average molecular weight is 189 g/mol. The number of carbonyl (C=O) groups is 1. The van der Waals surface area contributed by atoms with Gasteiger partial charge in [0.05, 0.1) is 0 Å². The summed E-state index contributed by atoms with van der Waals surface area (Å²) in [7, 11) is 1.81. The van der Waals surface area contributed by atoms with Crippen molar-refractivity contribution in [3.05, 3.63) is 0 Å². The Bertz CT molecular complexity index is 92.1. The molecule has 0 fully saturated rings. The maximum absolute atomic E-state index is 10.7. The van der Waals surface area contributed by atoms with Crippen LogP contribution in [0.3, 0.4) is 0 Å². The van der Waals surface area contributed by atoms with Crippen LogP contribution in [0, 0.1) is 0 Å². The molecule has 0 heterocycles. The van der Waals surface area contributed by atoms with Gasteiger partial charge in [0.2, 0.25) is 5.91 Å². The third-order valence-electron chi connectivity index (χ3n) is 1.20. The van der Waals surface area contributed by atoms with Crippen LogP contribution in [-0.4, -0.2) is 24.4 Å². The van der Waals surface area contributed by atoms with Gasteiger partial charge in [-0.25, -0.2) is 0 Å². The Morgan fingerprint density at radius 2 is 1.38 bits per heavy atom. The first kappa shape index (κ1) is 18.3. The topological polar surface area (TPSA) is 20.3 Å². The normalized spacial score (nSPS) is 7.31. The van der Waals surface area contributed by atoms with E-state index in [1.807, 2.05) is 34.7 Å². The first-order valence-corrected chi connectivity index (χ1v) is 5.37. The van der Waals surface area contributed by atoms with E-state index in [1.165, 1.54) is 6.42 Å². The van der Waals surface area contributed by atoms with E-state index < -0.39 is 0 Å². The van der Waals surface area contributed by atoms with E-state index in [-0.39, 0.29) is 5.91 Å². The van der Waals surface area contributed by atoms with Crippen LogP contribution in [-0.2, 0) is 4.79 Å². The minimum Gasteiger partial charge on any atom is -0.346 e. The summed E-state index contributed by atoms with van der Waals surface area (Å²) in [5.41, 5.74) is 0. The Labute approximate surface area is 84.3 Å². The number of carbonyl (C=O) groups excluding carboxylic acids is 1. The SMILES string of the molecule is CC.CCC.CCC(=O)N(C)CC. The fourth-order valence-corrected chi connectivity index (χ4v) is 0.446. The highest BCUT2D eigenvalue weighted by molar-refractivity contribution is 5.75. The molecule has 0 radical (unpaired) electrons. The van der Waals surface area contributed by atoms with Crippen LogP contribution >= 0.6 is 0 Å². The standard InChI is InChI=1S/C6H13NO.C3H8.C2H6/c1-4-6(8)7(3)5-2;1-3-2;1-2/h4-5H2,1-3H3;3H2,1-2H3;1-2H3. The minimum absolute atomic E-state index is 0.215. The summed E-state index contributed by atoms with van der Waals surface area (Å²) in [4.78, 5) is 12.4. The Morgan fingerprint density at radius 1 is 1.08 bits per heavy atom. The molecule has 0 aliphatic heterocycles. The summed E-state index contributed by atoms with van der Waals surface area (Å²) < 4.78 is 0. The van der Waals surface area contributed by atoms with Gasteiger partial charge in [-0.15, -0.1) is 0 Å². The maximum Gasteiger partial charge on any atom is 0.222 e. The Morgan fingerprint density at radius 3 is 1.46 bits per heavy atom. The lowest BCUT2D eigenvalue weighted by molar-refractivity contribution is -0.129. The van der Waals surface area contributed by atoms with Gasteiger partial charge in [0.25, 0.3) is 0 Å². The molecule has 0 aromatic rings. The third-order valence-corrected chi connectivity index (χ3v) is 1.20. The molecule has 0 atom stereocenters. The van der Waals surface area contributed by atoms with Gasteiger partial charge in [0.15, 0.2) is 0 Å². The molecule has 0 aliphatic rings. The van der Waals surface area contributed by atoms with Crippen molar-refractivity contribution in [1.29, 1.82) is 0 Å². The number of amides is 1. The van der Waals surface area contributed by atoms with Crippen LogP contribution in [0.25, 0.3) is 0 Å². The molecule has 0 saturated carbocycles. The summed E-state index contributed by atoms with van der Waals surface area (Å²) in [6, 6.07) is 0. The molecule has 82 valence electrons. The Balaban J connectivity index is -0.000000169. The van der Waals surface area contributed by atoms with Gasteiger partial charge in [-0.05, 0) is 6.92 Å². The zero-order chi connectivity index (χ0) is 11.3. The summed E-state index contributed by atoms with van der Waals surface area (Å²) in [5, 5.41) is 0. The van der Waals surface area contributed by atoms with Crippen molar-refractivity contribution in [2.24, 2.45) is 0 Å². The van der Waals surface area contributed by atoms with E-state index in [1.54, 1.807) is 4.90 Å². The fourth-order valence-electron chi connectivity index (χ4n) is 0.446. The lowest BCUT2D eigenvalue weighted by Crippen LogP contribution is -2.24. The summed E-state index contributed by atoms with van der Waals surface area (Å²) in [5.74, 6) is 0.215. The molecular formula is C11H27NO. The van der Waals surface area contributed by atoms with Gasteiger partial charge in [0.1, 0.15) is 0 Å². The second-order valence-electron chi connectivity index (χ2n) is 2.47. The van der Waals surface area contributed by atoms with Crippen LogP contribution in [0.5, 0.6) is 0 Å². The van der Waals surface area contributed by atoms with E-state index in [2.05, 4.69) is 13.8 Å². The van der Waals surface area contributed by atoms with Crippen LogP contribution in [0.15, 0.2) is 0 Å². The number of hydrogen-bond donors (Lipinski definition) is 0. The fraction of sp³-hybridized carbons (Fsp3) is 0.909. The second kappa shape index (κ2) is 17.5. The molecule has 0 N–H and O–H groups in total. The zero-order valence-corrected chi connectivity index (χ0v) is 10.5. The molecule has 0 aliphatic carbocycles. The smallest absolute Gasteiger partial charge is 0.222 e. The van der Waals surface area contributed by atoms with Crippen molar-refractivity contribution in [3.63, 3.8) is 0 Å². The first-order valence-electron chi connectivity index (χ1n) is 5.37. The van der Waals surface area contributed by atoms with E-state index in [0.717, 1.165) is 6.54 Å². The molecule has 0 unspecified atom stereocenters. The van der Waals surface area contributed by atoms with Crippen LogP contribution in [0.1, 0.15) is 54.4 Å². The molecular weight excluding hydrogens is 162 g/mol. The van der Waals surface area contributed by atoms with Gasteiger partial charge in [-0.3, -0.25) is 4.79 Å². The number of nitrogens with zero attached hydrogens (tertiary/aromatic N) is 1. The lowest BCUT2D eigenvalue weighted by atomic mass is 10.4. The van der Waals surface area contributed by atoms with Crippen molar-refractivity contribution < 1.29 is 4.79 Å². The molecule has 2 nitrogen and oxygen atoms in total. The van der Waals surface area contributed by atoms with Gasteiger partial charge >= 0.3 is 0 Å². The molecule has 1 amide bonds. The predicted octanol–water partition coefficient (Wildman–Crippen LogP) is 3.32. The third kappa shape index (κ3) is 18.4. The van der Waals surface area contributed by atoms with Crippen LogP contribution < -0.4 is 0 Å². The summed E-state index contributed by atoms with van der Waals surface area (Å²) >= 11 is 0. The zero-order valence-electron chi connectivity index (χ0n) is 10.5.